The van der Waals surface area contributed by atoms with Crippen molar-refractivity contribution >= 4 is 11.3 Å². The maximum absolute atomic E-state index is 5.81. The van der Waals surface area contributed by atoms with E-state index in [2.05, 4.69) is 22.1 Å². The van der Waals surface area contributed by atoms with Gasteiger partial charge in [0.15, 0.2) is 0 Å². The van der Waals surface area contributed by atoms with Gasteiger partial charge in [0.2, 0.25) is 0 Å². The van der Waals surface area contributed by atoms with Crippen LogP contribution in [0, 0.1) is 0 Å². The summed E-state index contributed by atoms with van der Waals surface area (Å²) in [5.74, 6) is 0. The Morgan fingerprint density at radius 1 is 1.00 bits per heavy atom. The predicted molar refractivity (Wildman–Crippen MR) is 78.7 cm³/mol. The monoisotopic (exact) mass is 267 g/mol. The molecule has 0 aliphatic carbocycles. The molecule has 3 rings (SSSR count). The van der Waals surface area contributed by atoms with Gasteiger partial charge in [-0.1, -0.05) is 30.3 Å². The lowest BCUT2D eigenvalue weighted by molar-refractivity contribution is 1.02. The molecule has 0 aliphatic rings. The molecule has 0 atom stereocenters. The minimum Gasteiger partial charge on any atom is -0.325 e. The van der Waals surface area contributed by atoms with Gasteiger partial charge in [0.1, 0.15) is 5.01 Å². The SMILES string of the molecule is NCc1nc(-c2cccnc2)sc1-c1ccccc1. The average molecular weight is 267 g/mol. The van der Waals surface area contributed by atoms with Crippen LogP contribution in [0.2, 0.25) is 0 Å². The molecule has 0 saturated carbocycles. The molecule has 0 fully saturated rings. The molecule has 4 heteroatoms. The maximum atomic E-state index is 5.81. The molecule has 0 bridgehead atoms. The van der Waals surface area contributed by atoms with E-state index in [4.69, 9.17) is 5.73 Å². The van der Waals surface area contributed by atoms with Crippen molar-refractivity contribution in [2.24, 2.45) is 5.73 Å². The highest BCUT2D eigenvalue weighted by Crippen LogP contribution is 2.34. The molecular formula is C15H13N3S. The van der Waals surface area contributed by atoms with Crippen molar-refractivity contribution in [3.05, 3.63) is 60.6 Å². The van der Waals surface area contributed by atoms with Crippen molar-refractivity contribution < 1.29 is 0 Å². The second kappa shape index (κ2) is 5.30. The van der Waals surface area contributed by atoms with Gasteiger partial charge < -0.3 is 5.73 Å². The van der Waals surface area contributed by atoms with E-state index in [9.17, 15) is 0 Å². The number of pyridine rings is 1. The molecule has 94 valence electrons. The summed E-state index contributed by atoms with van der Waals surface area (Å²) in [6, 6.07) is 14.2. The molecule has 3 aromatic rings. The van der Waals surface area contributed by atoms with E-state index in [1.54, 1.807) is 17.5 Å². The van der Waals surface area contributed by atoms with E-state index in [0.29, 0.717) is 6.54 Å². The van der Waals surface area contributed by atoms with Crippen LogP contribution in [0.4, 0.5) is 0 Å². The highest BCUT2D eigenvalue weighted by molar-refractivity contribution is 7.18. The number of nitrogens with two attached hydrogens (primary N) is 1. The van der Waals surface area contributed by atoms with Gasteiger partial charge in [0.25, 0.3) is 0 Å². The zero-order valence-electron chi connectivity index (χ0n) is 10.3. The Morgan fingerprint density at radius 3 is 2.47 bits per heavy atom. The van der Waals surface area contributed by atoms with Gasteiger partial charge in [-0.3, -0.25) is 4.98 Å². The van der Waals surface area contributed by atoms with Crippen LogP contribution in [0.3, 0.4) is 0 Å². The fourth-order valence-corrected chi connectivity index (χ4v) is 3.01. The Kier molecular flexibility index (Phi) is 3.35. The lowest BCUT2D eigenvalue weighted by Gasteiger charge is -1.98. The first-order chi connectivity index (χ1) is 9.38. The molecule has 19 heavy (non-hydrogen) atoms. The first-order valence-corrected chi connectivity index (χ1v) is 6.85. The highest BCUT2D eigenvalue weighted by atomic mass is 32.1. The van der Waals surface area contributed by atoms with Crippen molar-refractivity contribution in [3.8, 4) is 21.0 Å². The van der Waals surface area contributed by atoms with Crippen LogP contribution >= 0.6 is 11.3 Å². The third kappa shape index (κ3) is 2.41. The van der Waals surface area contributed by atoms with Gasteiger partial charge in [-0.2, -0.15) is 0 Å². The molecule has 0 radical (unpaired) electrons. The first-order valence-electron chi connectivity index (χ1n) is 6.04. The van der Waals surface area contributed by atoms with Crippen LogP contribution in [-0.4, -0.2) is 9.97 Å². The van der Waals surface area contributed by atoms with Crippen molar-refractivity contribution in [1.82, 2.24) is 9.97 Å². The van der Waals surface area contributed by atoms with E-state index >= 15 is 0 Å². The normalized spacial score (nSPS) is 10.6. The zero-order chi connectivity index (χ0) is 13.1. The van der Waals surface area contributed by atoms with Gasteiger partial charge in [-0.15, -0.1) is 11.3 Å². The summed E-state index contributed by atoms with van der Waals surface area (Å²) in [5.41, 5.74) is 8.94. The minimum absolute atomic E-state index is 0.445. The third-order valence-corrected chi connectivity index (χ3v) is 4.03. The van der Waals surface area contributed by atoms with E-state index in [1.807, 2.05) is 36.5 Å². The van der Waals surface area contributed by atoms with Crippen LogP contribution in [0.15, 0.2) is 54.9 Å². The van der Waals surface area contributed by atoms with E-state index in [-0.39, 0.29) is 0 Å². The number of thiazole rings is 1. The number of aromatic nitrogens is 2. The lowest BCUT2D eigenvalue weighted by Crippen LogP contribution is -1.98. The Hall–Kier alpha value is -2.04. The summed E-state index contributed by atoms with van der Waals surface area (Å²) in [6.07, 6.45) is 3.59. The topological polar surface area (TPSA) is 51.8 Å². The molecule has 1 aromatic carbocycles. The molecule has 0 aliphatic heterocycles. The van der Waals surface area contributed by atoms with Gasteiger partial charge >= 0.3 is 0 Å². The molecule has 3 nitrogen and oxygen atoms in total. The predicted octanol–water partition coefficient (Wildman–Crippen LogP) is 3.33. The number of rotatable bonds is 3. The second-order valence-electron chi connectivity index (χ2n) is 4.11. The molecule has 0 unspecified atom stereocenters. The van der Waals surface area contributed by atoms with Gasteiger partial charge in [0.05, 0.1) is 10.6 Å². The van der Waals surface area contributed by atoms with Crippen LogP contribution in [-0.2, 0) is 6.54 Å². The smallest absolute Gasteiger partial charge is 0.125 e. The van der Waals surface area contributed by atoms with Crippen molar-refractivity contribution in [2.75, 3.05) is 0 Å². The summed E-state index contributed by atoms with van der Waals surface area (Å²) in [6.45, 7) is 0.445. The number of nitrogens with zero attached hydrogens (tertiary/aromatic N) is 2. The summed E-state index contributed by atoms with van der Waals surface area (Å²) in [4.78, 5) is 9.90. The molecule has 2 aromatic heterocycles. The largest absolute Gasteiger partial charge is 0.325 e. The van der Waals surface area contributed by atoms with Crippen LogP contribution in [0.5, 0.6) is 0 Å². The molecule has 2 heterocycles. The third-order valence-electron chi connectivity index (χ3n) is 2.84. The highest BCUT2D eigenvalue weighted by Gasteiger charge is 2.12. The van der Waals surface area contributed by atoms with Crippen LogP contribution < -0.4 is 5.73 Å². The molecule has 0 spiro atoms. The van der Waals surface area contributed by atoms with Crippen LogP contribution in [0.25, 0.3) is 21.0 Å². The number of hydrogen-bond acceptors (Lipinski definition) is 4. The number of benzene rings is 1. The molecule has 0 amide bonds. The van der Waals surface area contributed by atoms with Gasteiger partial charge in [0, 0.05) is 24.5 Å². The second-order valence-corrected chi connectivity index (χ2v) is 5.11. The van der Waals surface area contributed by atoms with Gasteiger partial charge in [-0.25, -0.2) is 4.98 Å². The summed E-state index contributed by atoms with van der Waals surface area (Å²) < 4.78 is 0. The zero-order valence-corrected chi connectivity index (χ0v) is 11.1. The maximum Gasteiger partial charge on any atom is 0.125 e. The van der Waals surface area contributed by atoms with Gasteiger partial charge in [-0.05, 0) is 17.7 Å². The fraction of sp³-hybridized carbons (Fsp3) is 0.0667. The minimum atomic E-state index is 0.445. The van der Waals surface area contributed by atoms with E-state index in [1.165, 1.54) is 0 Å². The standard InChI is InChI=1S/C15H13N3S/c16-9-13-14(11-5-2-1-3-6-11)19-15(18-13)12-7-4-8-17-10-12/h1-8,10H,9,16H2. The molecule has 2 N–H and O–H groups in total. The van der Waals surface area contributed by atoms with Crippen LogP contribution in [0.1, 0.15) is 5.69 Å². The summed E-state index contributed by atoms with van der Waals surface area (Å²) in [5, 5.41) is 0.965. The first kappa shape index (κ1) is 12.0. The quantitative estimate of drug-likeness (QED) is 0.792. The Morgan fingerprint density at radius 2 is 1.79 bits per heavy atom. The average Bonchev–Trinajstić information content (AvgIpc) is 2.93. The Labute approximate surface area is 115 Å². The summed E-state index contributed by atoms with van der Waals surface area (Å²) in [7, 11) is 0. The summed E-state index contributed by atoms with van der Waals surface area (Å²) >= 11 is 1.66. The van der Waals surface area contributed by atoms with Crippen molar-refractivity contribution in [1.29, 1.82) is 0 Å². The Bertz CT molecular complexity index is 662. The molecule has 0 saturated heterocycles. The fourth-order valence-electron chi connectivity index (χ4n) is 1.92. The number of hydrogen-bond donors (Lipinski definition) is 1. The van der Waals surface area contributed by atoms with E-state index in [0.717, 1.165) is 26.7 Å². The Balaban J connectivity index is 2.09. The van der Waals surface area contributed by atoms with Crippen molar-refractivity contribution in [2.45, 2.75) is 6.54 Å². The van der Waals surface area contributed by atoms with E-state index < -0.39 is 0 Å². The lowest BCUT2D eigenvalue weighted by atomic mass is 10.1. The molecular weight excluding hydrogens is 254 g/mol. The van der Waals surface area contributed by atoms with Crippen molar-refractivity contribution in [3.63, 3.8) is 0 Å².